The third kappa shape index (κ3) is 4.02. The number of rotatable bonds is 5. The van der Waals surface area contributed by atoms with Crippen molar-refractivity contribution in [3.8, 4) is 0 Å². The molecule has 0 fully saturated rings. The summed E-state index contributed by atoms with van der Waals surface area (Å²) in [5.41, 5.74) is -0.00275. The van der Waals surface area contributed by atoms with Gasteiger partial charge in [-0.1, -0.05) is 34.1 Å². The van der Waals surface area contributed by atoms with Crippen LogP contribution in [-0.2, 0) is 11.3 Å². The van der Waals surface area contributed by atoms with Gasteiger partial charge >= 0.3 is 6.98 Å². The molecule has 0 aliphatic rings. The Morgan fingerprint density at radius 3 is 2.50 bits per heavy atom. The molecule has 0 atom stereocenters. The minimum absolute atomic E-state index is 0.132. The average molecular weight is 294 g/mol. The molecule has 0 aliphatic carbocycles. The first-order chi connectivity index (χ1) is 7.41. The molecule has 0 spiro atoms. The minimum Gasteiger partial charge on any atom is -0.445 e. The van der Waals surface area contributed by atoms with E-state index in [4.69, 9.17) is 4.74 Å². The lowest BCUT2D eigenvalue weighted by atomic mass is 9.81. The maximum Gasteiger partial charge on any atom is 0.507 e. The van der Waals surface area contributed by atoms with Crippen LogP contribution in [0, 0.1) is 0 Å². The molecule has 16 heavy (non-hydrogen) atoms. The van der Waals surface area contributed by atoms with Crippen LogP contribution in [0.4, 0.5) is 12.9 Å². The second-order valence-electron chi connectivity index (χ2n) is 3.32. The van der Waals surface area contributed by atoms with Crippen LogP contribution < -0.4 is 0 Å². The Morgan fingerprint density at radius 1 is 1.31 bits per heavy atom. The fourth-order valence-electron chi connectivity index (χ4n) is 1.00. The molecule has 0 N–H and O–H groups in total. The molecular weight excluding hydrogens is 284 g/mol. The summed E-state index contributed by atoms with van der Waals surface area (Å²) in [6.07, 6.45) is 0. The number of hydrogen-bond acceptors (Lipinski definition) is 1. The van der Waals surface area contributed by atoms with Gasteiger partial charge in [0.15, 0.2) is 0 Å². The van der Waals surface area contributed by atoms with E-state index < -0.39 is 19.1 Å². The summed E-state index contributed by atoms with van der Waals surface area (Å²) in [7, 11) is 0. The first-order valence-corrected chi connectivity index (χ1v) is 5.39. The summed E-state index contributed by atoms with van der Waals surface area (Å²) in [4.78, 5) is 0. The molecule has 1 aromatic carbocycles. The lowest BCUT2D eigenvalue weighted by molar-refractivity contribution is 0.143. The second-order valence-corrected chi connectivity index (χ2v) is 4.17. The van der Waals surface area contributed by atoms with Crippen LogP contribution in [0.1, 0.15) is 5.56 Å². The summed E-state index contributed by atoms with van der Waals surface area (Å²) in [5, 5.41) is 0. The zero-order valence-corrected chi connectivity index (χ0v) is 10.0. The maximum atomic E-state index is 12.1. The van der Waals surface area contributed by atoms with Gasteiger partial charge in [-0.2, -0.15) is 0 Å². The van der Waals surface area contributed by atoms with Gasteiger partial charge in [-0.15, -0.1) is 12.1 Å². The van der Waals surface area contributed by atoms with Crippen molar-refractivity contribution in [1.29, 1.82) is 0 Å². The van der Waals surface area contributed by atoms with E-state index in [9.17, 15) is 12.9 Å². The van der Waals surface area contributed by atoms with Gasteiger partial charge in [0.25, 0.3) is 0 Å². The number of benzene rings is 1. The monoisotopic (exact) mass is 293 g/mol. The fourth-order valence-corrected chi connectivity index (χ4v) is 1.40. The van der Waals surface area contributed by atoms with Gasteiger partial charge < -0.3 is 17.7 Å². The van der Waals surface area contributed by atoms with Crippen LogP contribution in [-0.4, -0.2) is 13.6 Å². The van der Waals surface area contributed by atoms with Gasteiger partial charge in [-0.05, 0) is 11.6 Å². The Labute approximate surface area is 100 Å². The summed E-state index contributed by atoms with van der Waals surface area (Å²) in [6.45, 7) is -2.40. The van der Waals surface area contributed by atoms with Crippen molar-refractivity contribution in [2.45, 2.75) is 6.61 Å². The highest BCUT2D eigenvalue weighted by atomic mass is 79.9. The molecule has 0 radical (unpaired) electrons. The van der Waals surface area contributed by atoms with E-state index in [1.54, 1.807) is 18.2 Å². The normalized spacial score (nSPS) is 11.5. The van der Waals surface area contributed by atoms with Crippen LogP contribution in [0.15, 0.2) is 40.8 Å². The van der Waals surface area contributed by atoms with E-state index in [0.717, 1.165) is 10.0 Å². The van der Waals surface area contributed by atoms with Crippen LogP contribution >= 0.6 is 15.9 Å². The van der Waals surface area contributed by atoms with Crippen molar-refractivity contribution >= 4 is 22.9 Å². The summed E-state index contributed by atoms with van der Waals surface area (Å²) in [6, 6.07) is 7.21. The molecule has 88 valence electrons. The molecule has 0 saturated heterocycles. The quantitative estimate of drug-likeness (QED) is 0.748. The van der Waals surface area contributed by atoms with Gasteiger partial charge in [0.05, 0.1) is 6.61 Å². The third-order valence-electron chi connectivity index (χ3n) is 1.97. The molecule has 0 bridgehead atoms. The average Bonchev–Trinajstić information content (AvgIpc) is 2.19. The van der Waals surface area contributed by atoms with E-state index in [1.807, 2.05) is 6.07 Å². The Morgan fingerprint density at radius 2 is 1.94 bits per heavy atom. The lowest BCUT2D eigenvalue weighted by Gasteiger charge is -2.17. The predicted octanol–water partition coefficient (Wildman–Crippen LogP) is 3.91. The van der Waals surface area contributed by atoms with E-state index in [-0.39, 0.29) is 6.61 Å². The molecule has 1 aromatic rings. The first kappa shape index (κ1) is 13.3. The van der Waals surface area contributed by atoms with Crippen LogP contribution in [0.25, 0.3) is 0 Å². The molecule has 0 aliphatic heterocycles. The van der Waals surface area contributed by atoms with E-state index >= 15 is 0 Å². The zero-order valence-electron chi connectivity index (χ0n) is 8.43. The van der Waals surface area contributed by atoms with Gasteiger partial charge in [0.1, 0.15) is 0 Å². The maximum absolute atomic E-state index is 12.1. The van der Waals surface area contributed by atoms with Crippen molar-refractivity contribution in [2.24, 2.45) is 0 Å². The smallest absolute Gasteiger partial charge is 0.445 e. The number of hydrogen-bond donors (Lipinski definition) is 0. The predicted molar refractivity (Wildman–Crippen MR) is 62.0 cm³/mol. The number of ether oxygens (including phenoxy) is 1. The number of halogens is 4. The third-order valence-corrected chi connectivity index (χ3v) is 2.74. The highest BCUT2D eigenvalue weighted by molar-refractivity contribution is 9.10. The van der Waals surface area contributed by atoms with Crippen molar-refractivity contribution in [3.63, 3.8) is 0 Å². The minimum atomic E-state index is -4.99. The van der Waals surface area contributed by atoms with Crippen molar-refractivity contribution in [1.82, 2.24) is 0 Å². The molecule has 0 amide bonds. The Hall–Kier alpha value is -0.745. The molecule has 0 saturated carbocycles. The molecular formula is C10H10BBrF3O-. The molecule has 6 heteroatoms. The van der Waals surface area contributed by atoms with Crippen molar-refractivity contribution in [3.05, 3.63) is 46.4 Å². The van der Waals surface area contributed by atoms with E-state index in [0.29, 0.717) is 0 Å². The van der Waals surface area contributed by atoms with Gasteiger partial charge in [-0.3, -0.25) is 0 Å². The molecule has 0 unspecified atom stereocenters. The van der Waals surface area contributed by atoms with Crippen molar-refractivity contribution in [2.75, 3.05) is 6.61 Å². The van der Waals surface area contributed by atoms with Gasteiger partial charge in [-0.25, -0.2) is 0 Å². The largest absolute Gasteiger partial charge is 0.507 e. The second kappa shape index (κ2) is 5.54. The highest BCUT2D eigenvalue weighted by Gasteiger charge is 2.26. The molecule has 0 aromatic heterocycles. The van der Waals surface area contributed by atoms with Crippen LogP contribution in [0.3, 0.4) is 0 Å². The Balaban J connectivity index is 2.43. The SMILES string of the molecule is C=C(COCc1ccccc1Br)[B-](F)(F)F. The first-order valence-electron chi connectivity index (χ1n) is 4.60. The molecule has 1 rings (SSSR count). The Bertz CT molecular complexity index is 379. The summed E-state index contributed by atoms with van der Waals surface area (Å²) in [5.74, 6) is 0. The van der Waals surface area contributed by atoms with E-state index in [2.05, 4.69) is 22.5 Å². The lowest BCUT2D eigenvalue weighted by Crippen LogP contribution is -2.22. The summed E-state index contributed by atoms with van der Waals surface area (Å²) < 4.78 is 42.2. The highest BCUT2D eigenvalue weighted by Crippen LogP contribution is 2.20. The fraction of sp³-hybridized carbons (Fsp3) is 0.200. The van der Waals surface area contributed by atoms with Crippen LogP contribution in [0.2, 0.25) is 0 Å². The zero-order chi connectivity index (χ0) is 12.2. The van der Waals surface area contributed by atoms with Crippen LogP contribution in [0.5, 0.6) is 0 Å². The van der Waals surface area contributed by atoms with Gasteiger partial charge in [0, 0.05) is 11.1 Å². The molecule has 1 nitrogen and oxygen atoms in total. The summed E-state index contributed by atoms with van der Waals surface area (Å²) >= 11 is 3.28. The topological polar surface area (TPSA) is 9.23 Å². The Kier molecular flexibility index (Phi) is 4.62. The van der Waals surface area contributed by atoms with E-state index in [1.165, 1.54) is 0 Å². The van der Waals surface area contributed by atoms with Crippen molar-refractivity contribution < 1.29 is 17.7 Å². The molecule has 0 heterocycles. The standard InChI is InChI=1S/C10H10BBrF3O/c1-8(11(13,14)15)6-16-7-9-4-2-3-5-10(9)12/h2-5H,1,6-7H2/q-1. The van der Waals surface area contributed by atoms with Gasteiger partial charge in [0.2, 0.25) is 0 Å².